The van der Waals surface area contributed by atoms with E-state index < -0.39 is 0 Å². The molecule has 2 aromatic carbocycles. The van der Waals surface area contributed by atoms with E-state index in [2.05, 4.69) is 20.5 Å². The normalized spacial score (nSPS) is 11.3. The van der Waals surface area contributed by atoms with E-state index in [-0.39, 0.29) is 5.91 Å². The van der Waals surface area contributed by atoms with Gasteiger partial charge in [0.2, 0.25) is 5.88 Å². The molecule has 27 heavy (non-hydrogen) atoms. The van der Waals surface area contributed by atoms with Gasteiger partial charge in [-0.15, -0.1) is 0 Å². The highest BCUT2D eigenvalue weighted by Gasteiger charge is 2.13. The lowest BCUT2D eigenvalue weighted by atomic mass is 10.1. The van der Waals surface area contributed by atoms with Crippen LogP contribution in [-0.2, 0) is 0 Å². The van der Waals surface area contributed by atoms with Crippen molar-refractivity contribution in [2.45, 2.75) is 6.92 Å². The molecule has 4 rings (SSSR count). The van der Waals surface area contributed by atoms with Gasteiger partial charge in [0.1, 0.15) is 0 Å². The first kappa shape index (κ1) is 16.8. The number of carbonyl (C=O) groups is 1. The Kier molecular flexibility index (Phi) is 4.30. The molecule has 2 N–H and O–H groups in total. The first-order chi connectivity index (χ1) is 13.2. The Balaban J connectivity index is 1.64. The Morgan fingerprint density at radius 1 is 1.19 bits per heavy atom. The molecule has 0 fully saturated rings. The number of hydrazone groups is 1. The molecule has 4 aromatic rings. The fraction of sp³-hybridized carbons (Fsp3) is 0.0952. The van der Waals surface area contributed by atoms with E-state index in [1.54, 1.807) is 12.3 Å². The molecule has 0 aliphatic rings. The van der Waals surface area contributed by atoms with E-state index in [1.807, 2.05) is 55.6 Å². The van der Waals surface area contributed by atoms with E-state index >= 15 is 0 Å². The summed E-state index contributed by atoms with van der Waals surface area (Å²) in [4.78, 5) is 20.3. The zero-order valence-corrected chi connectivity index (χ0v) is 15.0. The van der Waals surface area contributed by atoms with Gasteiger partial charge in [-0.2, -0.15) is 5.10 Å². The summed E-state index contributed by atoms with van der Waals surface area (Å²) in [5, 5.41) is 5.92. The van der Waals surface area contributed by atoms with Crippen LogP contribution in [0.2, 0.25) is 0 Å². The molecule has 0 bridgehead atoms. The number of fused-ring (bicyclic) bond motifs is 2. The summed E-state index contributed by atoms with van der Waals surface area (Å²) in [5.41, 5.74) is 6.73. The van der Waals surface area contributed by atoms with Crippen LogP contribution in [0.5, 0.6) is 5.88 Å². The van der Waals surface area contributed by atoms with Gasteiger partial charge < -0.3 is 9.72 Å². The van der Waals surface area contributed by atoms with Crippen LogP contribution in [0.25, 0.3) is 21.8 Å². The highest BCUT2D eigenvalue weighted by Crippen LogP contribution is 2.23. The van der Waals surface area contributed by atoms with Gasteiger partial charge in [0.15, 0.2) is 0 Å². The number of hydrogen-bond acceptors (Lipinski definition) is 4. The number of rotatable bonds is 4. The number of para-hydroxylation sites is 1. The quantitative estimate of drug-likeness (QED) is 0.430. The summed E-state index contributed by atoms with van der Waals surface area (Å²) in [5.74, 6) is 0.0690. The van der Waals surface area contributed by atoms with E-state index in [4.69, 9.17) is 4.74 Å². The van der Waals surface area contributed by atoms with Crippen LogP contribution in [0.1, 0.15) is 21.5 Å². The van der Waals surface area contributed by atoms with Crippen molar-refractivity contribution in [1.29, 1.82) is 0 Å². The second-order valence-corrected chi connectivity index (χ2v) is 6.22. The lowest BCUT2D eigenvalue weighted by Gasteiger charge is -2.08. The van der Waals surface area contributed by atoms with Crippen molar-refractivity contribution in [3.05, 3.63) is 71.4 Å². The fourth-order valence-electron chi connectivity index (χ4n) is 3.03. The number of ether oxygens (including phenoxy) is 1. The molecule has 2 heterocycles. The number of nitrogens with one attached hydrogen (secondary N) is 2. The van der Waals surface area contributed by atoms with E-state index in [1.165, 1.54) is 7.11 Å². The zero-order chi connectivity index (χ0) is 18.8. The van der Waals surface area contributed by atoms with Gasteiger partial charge in [0, 0.05) is 34.1 Å². The molecule has 0 unspecified atom stereocenters. The van der Waals surface area contributed by atoms with E-state index in [0.717, 1.165) is 27.4 Å². The van der Waals surface area contributed by atoms with Crippen LogP contribution >= 0.6 is 0 Å². The van der Waals surface area contributed by atoms with Gasteiger partial charge in [0.05, 0.1) is 24.4 Å². The number of amides is 1. The standard InChI is InChI=1S/C21H18N4O2/c1-13-7-8-19-16(9-13)17(10-20(24-19)27-2)21(26)25-23-12-14-11-22-18-6-4-3-5-15(14)18/h3-12,22H,1-2H3,(H,25,26)/b23-12+. The molecule has 0 saturated carbocycles. The maximum Gasteiger partial charge on any atom is 0.272 e. The molecule has 0 saturated heterocycles. The van der Waals surface area contributed by atoms with Gasteiger partial charge >= 0.3 is 0 Å². The Hall–Kier alpha value is -3.67. The number of aryl methyl sites for hydroxylation is 1. The summed E-state index contributed by atoms with van der Waals surface area (Å²) in [7, 11) is 1.53. The molecule has 0 atom stereocenters. The van der Waals surface area contributed by atoms with Crippen LogP contribution in [0, 0.1) is 6.92 Å². The minimum absolute atomic E-state index is 0.317. The zero-order valence-electron chi connectivity index (χ0n) is 15.0. The lowest BCUT2D eigenvalue weighted by Crippen LogP contribution is -2.18. The predicted molar refractivity (Wildman–Crippen MR) is 106 cm³/mol. The van der Waals surface area contributed by atoms with E-state index in [0.29, 0.717) is 17.0 Å². The van der Waals surface area contributed by atoms with Crippen molar-refractivity contribution in [1.82, 2.24) is 15.4 Å². The van der Waals surface area contributed by atoms with Gasteiger partial charge in [-0.25, -0.2) is 10.4 Å². The van der Waals surface area contributed by atoms with Gasteiger partial charge in [-0.3, -0.25) is 4.79 Å². The summed E-state index contributed by atoms with van der Waals surface area (Å²) in [6, 6.07) is 15.3. The lowest BCUT2D eigenvalue weighted by molar-refractivity contribution is 0.0956. The maximum atomic E-state index is 12.7. The van der Waals surface area contributed by atoms with Gasteiger partial charge in [0.25, 0.3) is 5.91 Å². The maximum absolute atomic E-state index is 12.7. The van der Waals surface area contributed by atoms with E-state index in [9.17, 15) is 4.79 Å². The van der Waals surface area contributed by atoms with Crippen molar-refractivity contribution in [3.8, 4) is 5.88 Å². The summed E-state index contributed by atoms with van der Waals surface area (Å²) in [6.45, 7) is 1.97. The Morgan fingerprint density at radius 3 is 2.89 bits per heavy atom. The third-order valence-electron chi connectivity index (χ3n) is 4.39. The first-order valence-electron chi connectivity index (χ1n) is 8.50. The average Bonchev–Trinajstić information content (AvgIpc) is 3.10. The topological polar surface area (TPSA) is 79.4 Å². The van der Waals surface area contributed by atoms with Crippen LogP contribution in [-0.4, -0.2) is 29.2 Å². The number of aromatic nitrogens is 2. The average molecular weight is 358 g/mol. The van der Waals surface area contributed by atoms with Gasteiger partial charge in [-0.05, 0) is 25.1 Å². The molecule has 134 valence electrons. The monoisotopic (exact) mass is 358 g/mol. The number of nitrogens with zero attached hydrogens (tertiary/aromatic N) is 2. The molecule has 0 aliphatic heterocycles. The molecular weight excluding hydrogens is 340 g/mol. The number of hydrogen-bond donors (Lipinski definition) is 2. The Morgan fingerprint density at radius 2 is 2.04 bits per heavy atom. The van der Waals surface area contributed by atoms with Crippen LogP contribution < -0.4 is 10.2 Å². The molecule has 1 amide bonds. The molecular formula is C21H18N4O2. The molecule has 2 aromatic heterocycles. The number of methoxy groups -OCH3 is 1. The number of benzene rings is 2. The van der Waals surface area contributed by atoms with Crippen molar-refractivity contribution in [2.75, 3.05) is 7.11 Å². The second-order valence-electron chi connectivity index (χ2n) is 6.22. The minimum atomic E-state index is -0.317. The Labute approximate surface area is 155 Å². The Bertz CT molecular complexity index is 1180. The third-order valence-corrected chi connectivity index (χ3v) is 4.39. The molecule has 0 radical (unpaired) electrons. The summed E-state index contributed by atoms with van der Waals surface area (Å²) < 4.78 is 5.22. The van der Waals surface area contributed by atoms with Crippen LogP contribution in [0.15, 0.2) is 59.8 Å². The number of H-pyrrole nitrogens is 1. The molecule has 6 heteroatoms. The van der Waals surface area contributed by atoms with Crippen molar-refractivity contribution >= 4 is 33.9 Å². The highest BCUT2D eigenvalue weighted by molar-refractivity contribution is 6.07. The minimum Gasteiger partial charge on any atom is -0.481 e. The first-order valence-corrected chi connectivity index (χ1v) is 8.50. The van der Waals surface area contributed by atoms with Crippen molar-refractivity contribution in [3.63, 3.8) is 0 Å². The SMILES string of the molecule is COc1cc(C(=O)N/N=C/c2c[nH]c3ccccc23)c2cc(C)ccc2n1. The third kappa shape index (κ3) is 3.25. The van der Waals surface area contributed by atoms with Crippen LogP contribution in [0.3, 0.4) is 0 Å². The van der Waals surface area contributed by atoms with Crippen molar-refractivity contribution in [2.24, 2.45) is 5.10 Å². The van der Waals surface area contributed by atoms with Crippen molar-refractivity contribution < 1.29 is 9.53 Å². The van der Waals surface area contributed by atoms with Gasteiger partial charge in [-0.1, -0.05) is 29.8 Å². The predicted octanol–water partition coefficient (Wildman–Crippen LogP) is 3.80. The highest BCUT2D eigenvalue weighted by atomic mass is 16.5. The smallest absolute Gasteiger partial charge is 0.272 e. The number of aromatic amines is 1. The molecule has 0 spiro atoms. The second kappa shape index (κ2) is 6.92. The fourth-order valence-corrected chi connectivity index (χ4v) is 3.03. The number of pyridine rings is 1. The largest absolute Gasteiger partial charge is 0.481 e. The van der Waals surface area contributed by atoms with Crippen LogP contribution in [0.4, 0.5) is 0 Å². The molecule has 0 aliphatic carbocycles. The number of carbonyl (C=O) groups excluding carboxylic acids is 1. The molecule has 6 nitrogen and oxygen atoms in total. The summed E-state index contributed by atoms with van der Waals surface area (Å²) in [6.07, 6.45) is 3.48. The summed E-state index contributed by atoms with van der Waals surface area (Å²) >= 11 is 0.